The van der Waals surface area contributed by atoms with Crippen molar-refractivity contribution >= 4 is 27.3 Å². The number of pyridine rings is 1. The van der Waals surface area contributed by atoms with Gasteiger partial charge < -0.3 is 0 Å². The van der Waals surface area contributed by atoms with Gasteiger partial charge in [0.1, 0.15) is 5.01 Å². The van der Waals surface area contributed by atoms with Gasteiger partial charge in [0.25, 0.3) is 0 Å². The number of nitrogens with zero attached hydrogens (tertiary/aromatic N) is 2. The molecule has 0 atom stereocenters. The first kappa shape index (κ1) is 13.5. The van der Waals surface area contributed by atoms with Crippen LogP contribution in [0.15, 0.2) is 46.9 Å². The van der Waals surface area contributed by atoms with Crippen LogP contribution in [0.3, 0.4) is 0 Å². The third-order valence-electron chi connectivity index (χ3n) is 3.03. The molecule has 0 radical (unpaired) electrons. The molecule has 0 fully saturated rings. The van der Waals surface area contributed by atoms with E-state index in [0.717, 1.165) is 32.1 Å². The molecule has 0 aliphatic carbocycles. The van der Waals surface area contributed by atoms with Crippen molar-refractivity contribution in [3.8, 4) is 22.0 Å². The molecule has 2 nitrogen and oxygen atoms in total. The Morgan fingerprint density at radius 2 is 1.75 bits per heavy atom. The minimum atomic E-state index is 0.941. The van der Waals surface area contributed by atoms with Crippen molar-refractivity contribution in [1.82, 2.24) is 9.97 Å². The predicted octanol–water partition coefficient (Wildman–Crippen LogP) is 5.25. The maximum Gasteiger partial charge on any atom is 0.142 e. The van der Waals surface area contributed by atoms with Gasteiger partial charge in [0, 0.05) is 20.6 Å². The van der Waals surface area contributed by atoms with Gasteiger partial charge in [-0.2, -0.15) is 0 Å². The molecule has 0 aliphatic rings. The normalized spacial score (nSPS) is 10.8. The summed E-state index contributed by atoms with van der Waals surface area (Å²) in [5, 5.41) is 0.969. The topological polar surface area (TPSA) is 25.8 Å². The lowest BCUT2D eigenvalue weighted by molar-refractivity contribution is 1.19. The molecular formula is C16H13BrN2S. The minimum Gasteiger partial charge on any atom is -0.251 e. The van der Waals surface area contributed by atoms with Crippen molar-refractivity contribution in [2.75, 3.05) is 0 Å². The van der Waals surface area contributed by atoms with E-state index in [1.54, 1.807) is 11.3 Å². The fraction of sp³-hybridized carbons (Fsp3) is 0.125. The van der Waals surface area contributed by atoms with Crippen LogP contribution >= 0.6 is 27.3 Å². The zero-order chi connectivity index (χ0) is 14.1. The van der Waals surface area contributed by atoms with Crippen LogP contribution in [0.5, 0.6) is 0 Å². The molecular weight excluding hydrogens is 332 g/mol. The van der Waals surface area contributed by atoms with Crippen LogP contribution in [0, 0.1) is 13.8 Å². The van der Waals surface area contributed by atoms with Crippen molar-refractivity contribution in [1.29, 1.82) is 0 Å². The lowest BCUT2D eigenvalue weighted by Crippen LogP contribution is -1.86. The first-order valence-electron chi connectivity index (χ1n) is 6.31. The fourth-order valence-corrected chi connectivity index (χ4v) is 3.44. The van der Waals surface area contributed by atoms with Gasteiger partial charge in [0.15, 0.2) is 0 Å². The average molecular weight is 345 g/mol. The van der Waals surface area contributed by atoms with Gasteiger partial charge in [-0.25, -0.2) is 4.98 Å². The first-order chi connectivity index (χ1) is 9.65. The van der Waals surface area contributed by atoms with Gasteiger partial charge in [0.05, 0.1) is 11.4 Å². The van der Waals surface area contributed by atoms with Crippen LogP contribution in [-0.4, -0.2) is 9.97 Å². The largest absolute Gasteiger partial charge is 0.251 e. The molecule has 0 N–H and O–H groups in total. The number of halogens is 1. The molecule has 1 aromatic carbocycles. The third-order valence-corrected chi connectivity index (χ3v) is 4.72. The van der Waals surface area contributed by atoms with Crippen LogP contribution < -0.4 is 0 Å². The quantitative estimate of drug-likeness (QED) is 0.634. The monoisotopic (exact) mass is 344 g/mol. The average Bonchev–Trinajstić information content (AvgIpc) is 2.81. The molecule has 20 heavy (non-hydrogen) atoms. The Balaban J connectivity index is 2.10. The van der Waals surface area contributed by atoms with Crippen molar-refractivity contribution in [2.24, 2.45) is 0 Å². The van der Waals surface area contributed by atoms with E-state index in [2.05, 4.69) is 33.9 Å². The molecule has 3 rings (SSSR count). The molecule has 0 aliphatic heterocycles. The molecule has 0 unspecified atom stereocenters. The van der Waals surface area contributed by atoms with E-state index >= 15 is 0 Å². The lowest BCUT2D eigenvalue weighted by atomic mass is 10.1. The van der Waals surface area contributed by atoms with Crippen molar-refractivity contribution in [3.05, 3.63) is 57.5 Å². The molecule has 2 heterocycles. The summed E-state index contributed by atoms with van der Waals surface area (Å²) in [5.74, 6) is 0. The second kappa shape index (κ2) is 5.46. The number of aromatic nitrogens is 2. The molecule has 3 aromatic rings. The summed E-state index contributed by atoms with van der Waals surface area (Å²) in [6, 6.07) is 14.2. The van der Waals surface area contributed by atoms with E-state index in [9.17, 15) is 0 Å². The zero-order valence-corrected chi connectivity index (χ0v) is 13.6. The highest BCUT2D eigenvalue weighted by atomic mass is 79.9. The number of aryl methyl sites for hydroxylation is 2. The Hall–Kier alpha value is -1.52. The van der Waals surface area contributed by atoms with Gasteiger partial charge in [-0.05, 0) is 32.0 Å². The van der Waals surface area contributed by atoms with Crippen LogP contribution in [0.4, 0.5) is 0 Å². The number of benzene rings is 1. The molecule has 0 saturated carbocycles. The highest BCUT2D eigenvalue weighted by Crippen LogP contribution is 2.35. The van der Waals surface area contributed by atoms with Crippen molar-refractivity contribution in [3.63, 3.8) is 0 Å². The van der Waals surface area contributed by atoms with E-state index < -0.39 is 0 Å². The predicted molar refractivity (Wildman–Crippen MR) is 88.0 cm³/mol. The van der Waals surface area contributed by atoms with Crippen LogP contribution in [-0.2, 0) is 0 Å². The number of hydrogen-bond acceptors (Lipinski definition) is 3. The Labute approximate surface area is 130 Å². The van der Waals surface area contributed by atoms with Gasteiger partial charge in [-0.15, -0.1) is 11.3 Å². The summed E-state index contributed by atoms with van der Waals surface area (Å²) in [7, 11) is 0. The molecule has 0 saturated heterocycles. The number of thiazole rings is 1. The summed E-state index contributed by atoms with van der Waals surface area (Å²) in [6.45, 7) is 4.10. The summed E-state index contributed by atoms with van der Waals surface area (Å²) in [6.07, 6.45) is 0. The maximum atomic E-state index is 4.78. The standard InChI is InChI=1S/C16H13BrN2S/c1-10-6-5-9-14(18-10)16-19-15(11(2)20-16)12-7-3-4-8-13(12)17/h3-9H,1-2H3. The zero-order valence-electron chi connectivity index (χ0n) is 11.2. The van der Waals surface area contributed by atoms with E-state index in [1.165, 1.54) is 4.88 Å². The summed E-state index contributed by atoms with van der Waals surface area (Å²) in [4.78, 5) is 10.5. The molecule has 2 aromatic heterocycles. The molecule has 0 bridgehead atoms. The Kier molecular flexibility index (Phi) is 3.68. The third kappa shape index (κ3) is 2.53. The summed E-state index contributed by atoms with van der Waals surface area (Å²) in [5.41, 5.74) is 4.11. The Morgan fingerprint density at radius 3 is 2.50 bits per heavy atom. The number of hydrogen-bond donors (Lipinski definition) is 0. The van der Waals surface area contributed by atoms with E-state index in [-0.39, 0.29) is 0 Å². The highest BCUT2D eigenvalue weighted by molar-refractivity contribution is 9.10. The Morgan fingerprint density at radius 1 is 0.950 bits per heavy atom. The number of rotatable bonds is 2. The van der Waals surface area contributed by atoms with Gasteiger partial charge in [-0.1, -0.05) is 40.2 Å². The molecule has 4 heteroatoms. The molecule has 100 valence electrons. The summed E-state index contributed by atoms with van der Waals surface area (Å²) < 4.78 is 1.07. The smallest absolute Gasteiger partial charge is 0.142 e. The summed E-state index contributed by atoms with van der Waals surface area (Å²) >= 11 is 5.28. The second-order valence-corrected chi connectivity index (χ2v) is 6.63. The molecule has 0 spiro atoms. The highest BCUT2D eigenvalue weighted by Gasteiger charge is 2.13. The van der Waals surface area contributed by atoms with Crippen LogP contribution in [0.2, 0.25) is 0 Å². The fourth-order valence-electron chi connectivity index (χ4n) is 2.07. The lowest BCUT2D eigenvalue weighted by Gasteiger charge is -2.01. The first-order valence-corrected chi connectivity index (χ1v) is 7.92. The minimum absolute atomic E-state index is 0.941. The molecule has 0 amide bonds. The van der Waals surface area contributed by atoms with Crippen molar-refractivity contribution in [2.45, 2.75) is 13.8 Å². The van der Waals surface area contributed by atoms with Gasteiger partial charge >= 0.3 is 0 Å². The second-order valence-electron chi connectivity index (χ2n) is 4.57. The van der Waals surface area contributed by atoms with Crippen LogP contribution in [0.1, 0.15) is 10.6 Å². The Bertz CT molecular complexity index is 765. The van der Waals surface area contributed by atoms with Gasteiger partial charge in [0.2, 0.25) is 0 Å². The maximum absolute atomic E-state index is 4.78. The SMILES string of the molecule is Cc1cccc(-c2nc(-c3ccccc3Br)c(C)s2)n1. The van der Waals surface area contributed by atoms with Crippen LogP contribution in [0.25, 0.3) is 22.0 Å². The van der Waals surface area contributed by atoms with E-state index in [4.69, 9.17) is 4.98 Å². The van der Waals surface area contributed by atoms with E-state index in [1.807, 2.05) is 43.3 Å². The van der Waals surface area contributed by atoms with Crippen molar-refractivity contribution < 1.29 is 0 Å². The van der Waals surface area contributed by atoms with E-state index in [0.29, 0.717) is 0 Å². The van der Waals surface area contributed by atoms with Gasteiger partial charge in [-0.3, -0.25) is 4.98 Å².